The minimum absolute atomic E-state index is 0.150. The van der Waals surface area contributed by atoms with Crippen molar-refractivity contribution in [2.24, 2.45) is 5.10 Å². The van der Waals surface area contributed by atoms with Gasteiger partial charge in [0.15, 0.2) is 11.0 Å². The van der Waals surface area contributed by atoms with Gasteiger partial charge in [-0.3, -0.25) is 9.36 Å². The lowest BCUT2D eigenvalue weighted by atomic mass is 10.1. The average Bonchev–Trinajstić information content (AvgIpc) is 3.27. The normalized spacial score (nSPS) is 11.4. The summed E-state index contributed by atoms with van der Waals surface area (Å²) < 4.78 is 1.95. The molecule has 0 saturated heterocycles. The Morgan fingerprint density at radius 3 is 2.31 bits per heavy atom. The topological polar surface area (TPSA) is 72.2 Å². The number of nitrogens with one attached hydrogen (secondary N) is 1. The molecule has 4 rings (SSSR count). The Balaban J connectivity index is 1.49. The first-order valence-electron chi connectivity index (χ1n) is 9.90. The molecule has 0 fully saturated rings. The monoisotopic (exact) mass is 461 g/mol. The number of thioether (sulfide) groups is 1. The number of nitrogens with zero attached hydrogens (tertiary/aromatic N) is 4. The van der Waals surface area contributed by atoms with Crippen molar-refractivity contribution in [3.8, 4) is 17.1 Å². The van der Waals surface area contributed by atoms with Gasteiger partial charge in [0.1, 0.15) is 0 Å². The SMILES string of the molecule is C/C(=N/NC(=O)CSc1nnc(-c2ccccc2)n1-c1ccccc1)c1ccc(Cl)cc1. The van der Waals surface area contributed by atoms with E-state index in [4.69, 9.17) is 11.6 Å². The molecule has 160 valence electrons. The smallest absolute Gasteiger partial charge is 0.250 e. The van der Waals surface area contributed by atoms with E-state index in [0.717, 1.165) is 22.6 Å². The number of hydrazone groups is 1. The van der Waals surface area contributed by atoms with E-state index in [1.165, 1.54) is 11.8 Å². The van der Waals surface area contributed by atoms with Gasteiger partial charge in [0.2, 0.25) is 0 Å². The van der Waals surface area contributed by atoms with Crippen molar-refractivity contribution in [1.29, 1.82) is 0 Å². The Kier molecular flexibility index (Phi) is 6.99. The highest BCUT2D eigenvalue weighted by Crippen LogP contribution is 2.27. The molecule has 0 radical (unpaired) electrons. The molecule has 0 aliphatic carbocycles. The van der Waals surface area contributed by atoms with Gasteiger partial charge in [0, 0.05) is 16.3 Å². The summed E-state index contributed by atoms with van der Waals surface area (Å²) in [5, 5.41) is 14.2. The van der Waals surface area contributed by atoms with Crippen molar-refractivity contribution in [2.75, 3.05) is 5.75 Å². The van der Waals surface area contributed by atoms with Gasteiger partial charge in [-0.25, -0.2) is 5.43 Å². The van der Waals surface area contributed by atoms with Crippen LogP contribution in [0.4, 0.5) is 0 Å². The van der Waals surface area contributed by atoms with Crippen LogP contribution in [0.25, 0.3) is 17.1 Å². The Morgan fingerprint density at radius 1 is 0.969 bits per heavy atom. The predicted molar refractivity (Wildman–Crippen MR) is 129 cm³/mol. The molecule has 0 spiro atoms. The summed E-state index contributed by atoms with van der Waals surface area (Å²) in [6, 6.07) is 27.0. The van der Waals surface area contributed by atoms with Gasteiger partial charge in [-0.1, -0.05) is 84.0 Å². The summed E-state index contributed by atoms with van der Waals surface area (Å²) in [5.74, 6) is 0.639. The maximum atomic E-state index is 12.4. The second-order valence-corrected chi connectivity index (χ2v) is 8.25. The van der Waals surface area contributed by atoms with Crippen molar-refractivity contribution in [2.45, 2.75) is 12.1 Å². The predicted octanol–water partition coefficient (Wildman–Crippen LogP) is 5.22. The van der Waals surface area contributed by atoms with Crippen LogP contribution < -0.4 is 5.43 Å². The van der Waals surface area contributed by atoms with Crippen molar-refractivity contribution in [3.63, 3.8) is 0 Å². The van der Waals surface area contributed by atoms with Gasteiger partial charge in [-0.05, 0) is 36.8 Å². The number of benzene rings is 3. The summed E-state index contributed by atoms with van der Waals surface area (Å²) in [7, 11) is 0. The van der Waals surface area contributed by atoms with Crippen molar-refractivity contribution in [3.05, 3.63) is 95.5 Å². The summed E-state index contributed by atoms with van der Waals surface area (Å²) in [4.78, 5) is 12.4. The van der Waals surface area contributed by atoms with E-state index in [9.17, 15) is 4.79 Å². The van der Waals surface area contributed by atoms with Crippen LogP contribution in [0, 0.1) is 0 Å². The van der Waals surface area contributed by atoms with Gasteiger partial charge < -0.3 is 0 Å². The number of carbonyl (C=O) groups is 1. The second-order valence-electron chi connectivity index (χ2n) is 6.87. The van der Waals surface area contributed by atoms with Crippen LogP contribution in [-0.2, 0) is 4.79 Å². The minimum Gasteiger partial charge on any atom is -0.272 e. The van der Waals surface area contributed by atoms with E-state index >= 15 is 0 Å². The Bertz CT molecular complexity index is 1220. The van der Waals surface area contributed by atoms with E-state index in [1.54, 1.807) is 12.1 Å². The Morgan fingerprint density at radius 2 is 1.62 bits per heavy atom. The summed E-state index contributed by atoms with van der Waals surface area (Å²) in [6.45, 7) is 1.83. The number of amides is 1. The fraction of sp³-hybridized carbons (Fsp3) is 0.0833. The Hall–Kier alpha value is -3.42. The lowest BCUT2D eigenvalue weighted by Gasteiger charge is -2.10. The molecule has 1 N–H and O–H groups in total. The minimum atomic E-state index is -0.229. The fourth-order valence-electron chi connectivity index (χ4n) is 3.01. The zero-order valence-corrected chi connectivity index (χ0v) is 18.8. The zero-order valence-electron chi connectivity index (χ0n) is 17.3. The number of carbonyl (C=O) groups excluding carboxylic acids is 1. The number of para-hydroxylation sites is 1. The zero-order chi connectivity index (χ0) is 22.3. The summed E-state index contributed by atoms with van der Waals surface area (Å²) in [5.41, 5.74) is 6.06. The first-order chi connectivity index (χ1) is 15.6. The molecule has 1 heterocycles. The van der Waals surface area contributed by atoms with E-state index in [1.807, 2.05) is 84.3 Å². The van der Waals surface area contributed by atoms with Crippen molar-refractivity contribution >= 4 is 35.0 Å². The largest absolute Gasteiger partial charge is 0.272 e. The van der Waals surface area contributed by atoms with Crippen LogP contribution in [-0.4, -0.2) is 32.1 Å². The lowest BCUT2D eigenvalue weighted by Crippen LogP contribution is -2.21. The van der Waals surface area contributed by atoms with Crippen LogP contribution in [0.3, 0.4) is 0 Å². The number of hydrogen-bond donors (Lipinski definition) is 1. The lowest BCUT2D eigenvalue weighted by molar-refractivity contribution is -0.118. The molecular weight excluding hydrogens is 442 g/mol. The number of hydrogen-bond acceptors (Lipinski definition) is 5. The van der Waals surface area contributed by atoms with E-state index in [-0.39, 0.29) is 11.7 Å². The molecule has 32 heavy (non-hydrogen) atoms. The van der Waals surface area contributed by atoms with Crippen molar-refractivity contribution < 1.29 is 4.79 Å². The summed E-state index contributed by atoms with van der Waals surface area (Å²) >= 11 is 7.22. The molecule has 0 saturated carbocycles. The molecule has 1 aromatic heterocycles. The van der Waals surface area contributed by atoms with Gasteiger partial charge in [-0.2, -0.15) is 5.10 Å². The molecule has 4 aromatic rings. The molecule has 0 unspecified atom stereocenters. The fourth-order valence-corrected chi connectivity index (χ4v) is 3.88. The van der Waals surface area contributed by atoms with E-state index in [0.29, 0.717) is 15.9 Å². The standard InChI is InChI=1S/C24H20ClN5OS/c1-17(18-12-14-20(25)15-13-18)26-27-22(31)16-32-24-29-28-23(19-8-4-2-5-9-19)30(24)21-10-6-3-7-11-21/h2-15H,16H2,1H3,(H,27,31)/b26-17-. The molecule has 1 amide bonds. The first-order valence-corrected chi connectivity index (χ1v) is 11.3. The van der Waals surface area contributed by atoms with Crippen LogP contribution in [0.15, 0.2) is 95.2 Å². The average molecular weight is 462 g/mol. The number of halogens is 1. The van der Waals surface area contributed by atoms with Crippen LogP contribution in [0.2, 0.25) is 5.02 Å². The Labute approximate surface area is 195 Å². The van der Waals surface area contributed by atoms with Crippen LogP contribution >= 0.6 is 23.4 Å². The molecule has 6 nitrogen and oxygen atoms in total. The van der Waals surface area contributed by atoms with Gasteiger partial charge in [-0.15, -0.1) is 10.2 Å². The maximum Gasteiger partial charge on any atom is 0.250 e. The van der Waals surface area contributed by atoms with E-state index in [2.05, 4.69) is 20.7 Å². The highest BCUT2D eigenvalue weighted by atomic mass is 35.5. The number of rotatable bonds is 7. The first kappa shape index (κ1) is 21.8. The van der Waals surface area contributed by atoms with E-state index < -0.39 is 0 Å². The van der Waals surface area contributed by atoms with Gasteiger partial charge >= 0.3 is 0 Å². The highest BCUT2D eigenvalue weighted by molar-refractivity contribution is 7.99. The van der Waals surface area contributed by atoms with Gasteiger partial charge in [0.05, 0.1) is 11.5 Å². The summed E-state index contributed by atoms with van der Waals surface area (Å²) in [6.07, 6.45) is 0. The molecule has 0 atom stereocenters. The third kappa shape index (κ3) is 5.25. The molecular formula is C24H20ClN5OS. The van der Waals surface area contributed by atoms with Crippen molar-refractivity contribution in [1.82, 2.24) is 20.2 Å². The third-order valence-electron chi connectivity index (χ3n) is 4.62. The molecule has 3 aromatic carbocycles. The quantitative estimate of drug-likeness (QED) is 0.232. The molecule has 0 aliphatic heterocycles. The maximum absolute atomic E-state index is 12.4. The molecule has 0 aliphatic rings. The highest BCUT2D eigenvalue weighted by Gasteiger charge is 2.17. The molecule has 8 heteroatoms. The molecule has 0 bridgehead atoms. The van der Waals surface area contributed by atoms with Crippen LogP contribution in [0.1, 0.15) is 12.5 Å². The van der Waals surface area contributed by atoms with Gasteiger partial charge in [0.25, 0.3) is 5.91 Å². The van der Waals surface area contributed by atoms with Crippen LogP contribution in [0.5, 0.6) is 0 Å². The number of aromatic nitrogens is 3. The third-order valence-corrected chi connectivity index (χ3v) is 5.80. The second kappa shape index (κ2) is 10.3.